The Morgan fingerprint density at radius 2 is 1.93 bits per heavy atom. The second kappa shape index (κ2) is 2.97. The molecule has 76 valence electrons. The van der Waals surface area contributed by atoms with Gasteiger partial charge in [0.25, 0.3) is 5.92 Å². The van der Waals surface area contributed by atoms with Crippen molar-refractivity contribution in [3.63, 3.8) is 0 Å². The minimum Gasteiger partial charge on any atom is -0.238 e. The van der Waals surface area contributed by atoms with E-state index in [2.05, 4.69) is 9.97 Å². The number of hydrogen-bond acceptors (Lipinski definition) is 2. The average Bonchev–Trinajstić information content (AvgIpc) is 2.00. The zero-order valence-corrected chi connectivity index (χ0v) is 8.27. The first-order valence-electron chi connectivity index (χ1n) is 4.73. The molecule has 1 aliphatic rings. The number of alkyl halides is 2. The van der Waals surface area contributed by atoms with Crippen LogP contribution in [-0.2, 0) is 12.3 Å². The van der Waals surface area contributed by atoms with E-state index in [1.54, 1.807) is 13.8 Å². The van der Waals surface area contributed by atoms with Crippen LogP contribution in [0.25, 0.3) is 0 Å². The Balaban J connectivity index is 2.63. The van der Waals surface area contributed by atoms with Gasteiger partial charge in [-0.15, -0.1) is 0 Å². The van der Waals surface area contributed by atoms with Crippen LogP contribution in [0.4, 0.5) is 8.78 Å². The molecule has 0 atom stereocenters. The lowest BCUT2D eigenvalue weighted by atomic mass is 9.91. The van der Waals surface area contributed by atoms with Crippen molar-refractivity contribution in [2.45, 2.75) is 39.0 Å². The molecule has 0 bridgehead atoms. The molecule has 1 heterocycles. The highest BCUT2D eigenvalue weighted by Crippen LogP contribution is 2.40. The van der Waals surface area contributed by atoms with Crippen LogP contribution in [0.15, 0.2) is 0 Å². The Morgan fingerprint density at radius 1 is 1.21 bits per heavy atom. The lowest BCUT2D eigenvalue weighted by Crippen LogP contribution is -2.24. The van der Waals surface area contributed by atoms with Gasteiger partial charge in [-0.2, -0.15) is 0 Å². The summed E-state index contributed by atoms with van der Waals surface area (Å²) in [5.41, 5.74) is 1.03. The molecule has 0 amide bonds. The number of rotatable bonds is 0. The highest BCUT2D eigenvalue weighted by molar-refractivity contribution is 5.31. The summed E-state index contributed by atoms with van der Waals surface area (Å²) < 4.78 is 27.0. The van der Waals surface area contributed by atoms with Crippen molar-refractivity contribution in [2.75, 3.05) is 0 Å². The molecule has 0 aromatic carbocycles. The van der Waals surface area contributed by atoms with E-state index in [0.29, 0.717) is 30.1 Å². The van der Waals surface area contributed by atoms with Crippen molar-refractivity contribution in [2.24, 2.45) is 0 Å². The van der Waals surface area contributed by atoms with Crippen molar-refractivity contribution in [3.8, 4) is 0 Å². The van der Waals surface area contributed by atoms with Gasteiger partial charge in [0.1, 0.15) is 5.82 Å². The zero-order chi connectivity index (χ0) is 10.3. The van der Waals surface area contributed by atoms with E-state index in [4.69, 9.17) is 0 Å². The number of fused-ring (bicyclic) bond motifs is 1. The molecule has 0 saturated heterocycles. The lowest BCUT2D eigenvalue weighted by molar-refractivity contribution is -0.0235. The maximum absolute atomic E-state index is 13.5. The minimum atomic E-state index is -2.73. The summed E-state index contributed by atoms with van der Waals surface area (Å²) >= 11 is 0. The van der Waals surface area contributed by atoms with Gasteiger partial charge in [-0.05, 0) is 26.7 Å². The largest absolute Gasteiger partial charge is 0.276 e. The second-order valence-corrected chi connectivity index (χ2v) is 3.74. The number of hydrogen-bond donors (Lipinski definition) is 0. The van der Waals surface area contributed by atoms with Crippen LogP contribution in [0.3, 0.4) is 0 Å². The zero-order valence-electron chi connectivity index (χ0n) is 8.27. The first kappa shape index (κ1) is 9.49. The van der Waals surface area contributed by atoms with Crippen LogP contribution in [0.2, 0.25) is 0 Å². The van der Waals surface area contributed by atoms with E-state index in [-0.39, 0.29) is 12.0 Å². The number of nitrogens with zero attached hydrogens (tertiary/aromatic N) is 2. The topological polar surface area (TPSA) is 25.8 Å². The van der Waals surface area contributed by atoms with Crippen molar-refractivity contribution in [1.29, 1.82) is 0 Å². The van der Waals surface area contributed by atoms with Crippen LogP contribution in [0.1, 0.15) is 35.6 Å². The Morgan fingerprint density at radius 3 is 2.64 bits per heavy atom. The van der Waals surface area contributed by atoms with Crippen LogP contribution in [-0.4, -0.2) is 9.97 Å². The maximum Gasteiger partial charge on any atom is 0.276 e. The SMILES string of the molecule is Cc1nc(C)c2c(n1)CCCC2(F)F. The van der Waals surface area contributed by atoms with Gasteiger partial charge in [-0.25, -0.2) is 18.7 Å². The Labute approximate surface area is 81.4 Å². The first-order chi connectivity index (χ1) is 6.50. The monoisotopic (exact) mass is 198 g/mol. The van der Waals surface area contributed by atoms with E-state index in [1.165, 1.54) is 0 Å². The van der Waals surface area contributed by atoms with Gasteiger partial charge in [0.05, 0.1) is 17.0 Å². The molecule has 1 aromatic rings. The molecule has 1 aliphatic carbocycles. The van der Waals surface area contributed by atoms with Crippen molar-refractivity contribution in [1.82, 2.24) is 9.97 Å². The maximum atomic E-state index is 13.5. The fraction of sp³-hybridized carbons (Fsp3) is 0.600. The summed E-state index contributed by atoms with van der Waals surface area (Å²) in [4.78, 5) is 8.07. The van der Waals surface area contributed by atoms with E-state index < -0.39 is 5.92 Å². The highest BCUT2D eigenvalue weighted by Gasteiger charge is 2.39. The van der Waals surface area contributed by atoms with Crippen LogP contribution < -0.4 is 0 Å². The third-order valence-electron chi connectivity index (χ3n) is 2.55. The minimum absolute atomic E-state index is 0.0642. The van der Waals surface area contributed by atoms with E-state index in [9.17, 15) is 8.78 Å². The van der Waals surface area contributed by atoms with Crippen molar-refractivity contribution in [3.05, 3.63) is 22.8 Å². The summed E-state index contributed by atoms with van der Waals surface area (Å²) in [6.07, 6.45) is 1.08. The van der Waals surface area contributed by atoms with Crippen molar-refractivity contribution >= 4 is 0 Å². The van der Waals surface area contributed by atoms with Crippen LogP contribution in [0, 0.1) is 13.8 Å². The average molecular weight is 198 g/mol. The molecule has 0 unspecified atom stereocenters. The van der Waals surface area contributed by atoms with Gasteiger partial charge < -0.3 is 0 Å². The Kier molecular flexibility index (Phi) is 2.01. The molecule has 4 heteroatoms. The molecule has 0 spiro atoms. The number of halogens is 2. The molecule has 14 heavy (non-hydrogen) atoms. The van der Waals surface area contributed by atoms with Gasteiger partial charge in [-0.1, -0.05) is 0 Å². The summed E-state index contributed by atoms with van der Waals surface area (Å²) in [5.74, 6) is -2.15. The van der Waals surface area contributed by atoms with Gasteiger partial charge in [0, 0.05) is 6.42 Å². The second-order valence-electron chi connectivity index (χ2n) is 3.74. The molecule has 2 rings (SSSR count). The van der Waals surface area contributed by atoms with E-state index in [0.717, 1.165) is 0 Å². The standard InChI is InChI=1S/C10H12F2N2/c1-6-9-8(14-7(2)13-6)4-3-5-10(9,11)12/h3-5H2,1-2H3. The molecular weight excluding hydrogens is 186 g/mol. The molecule has 0 saturated carbocycles. The van der Waals surface area contributed by atoms with E-state index in [1.807, 2.05) is 0 Å². The predicted octanol–water partition coefficient (Wildman–Crippen LogP) is 2.52. The van der Waals surface area contributed by atoms with Gasteiger partial charge >= 0.3 is 0 Å². The molecule has 1 aromatic heterocycles. The summed E-state index contributed by atoms with van der Waals surface area (Å²) in [7, 11) is 0. The Bertz CT molecular complexity index is 375. The Hall–Kier alpha value is -1.06. The molecule has 0 radical (unpaired) electrons. The lowest BCUT2D eigenvalue weighted by Gasteiger charge is -2.25. The van der Waals surface area contributed by atoms with Crippen LogP contribution in [0.5, 0.6) is 0 Å². The smallest absolute Gasteiger partial charge is 0.238 e. The predicted molar refractivity (Wildman–Crippen MR) is 48.3 cm³/mol. The molecule has 0 fully saturated rings. The summed E-state index contributed by atoms with van der Waals surface area (Å²) in [5, 5.41) is 0. The quantitative estimate of drug-likeness (QED) is 0.640. The van der Waals surface area contributed by atoms with Crippen molar-refractivity contribution < 1.29 is 8.78 Å². The fourth-order valence-electron chi connectivity index (χ4n) is 2.04. The van der Waals surface area contributed by atoms with E-state index >= 15 is 0 Å². The first-order valence-corrected chi connectivity index (χ1v) is 4.73. The van der Waals surface area contributed by atoms with Gasteiger partial charge in [-0.3, -0.25) is 0 Å². The third kappa shape index (κ3) is 1.38. The summed E-state index contributed by atoms with van der Waals surface area (Å²) in [6, 6.07) is 0. The molecular formula is C10H12F2N2. The number of aryl methyl sites for hydroxylation is 3. The molecule has 0 N–H and O–H groups in total. The summed E-state index contributed by atoms with van der Waals surface area (Å²) in [6.45, 7) is 3.37. The van der Waals surface area contributed by atoms with Gasteiger partial charge in [0.2, 0.25) is 0 Å². The van der Waals surface area contributed by atoms with Gasteiger partial charge in [0.15, 0.2) is 0 Å². The molecule has 0 aliphatic heterocycles. The normalized spacial score (nSPS) is 19.1. The van der Waals surface area contributed by atoms with Crippen LogP contribution >= 0.6 is 0 Å². The highest BCUT2D eigenvalue weighted by atomic mass is 19.3. The third-order valence-corrected chi connectivity index (χ3v) is 2.55. The molecule has 2 nitrogen and oxygen atoms in total. The fourth-order valence-corrected chi connectivity index (χ4v) is 2.04. The number of aromatic nitrogens is 2.